The summed E-state index contributed by atoms with van der Waals surface area (Å²) in [6.07, 6.45) is 12.6. The van der Waals surface area contributed by atoms with Crippen LogP contribution in [0, 0.1) is 16.7 Å². The molecule has 0 N–H and O–H groups in total. The Bertz CT molecular complexity index is 686. The number of hydrogen-bond acceptors (Lipinski definition) is 2. The summed E-state index contributed by atoms with van der Waals surface area (Å²) < 4.78 is 2.25. The highest BCUT2D eigenvalue weighted by molar-refractivity contribution is 7.80. The molecule has 0 spiro atoms. The fraction of sp³-hybridized carbons (Fsp3) is 0.333. The minimum absolute atomic E-state index is 0.211. The SMILES string of the molecule is C=CCC1=CC(C#N)(C(=S)C2CCn3cccc32)CC=C1. The molecule has 0 radical (unpaired) electrons. The minimum Gasteiger partial charge on any atom is -0.351 e. The number of nitrogens with zero attached hydrogens (tertiary/aromatic N) is 2. The summed E-state index contributed by atoms with van der Waals surface area (Å²) in [5.41, 5.74) is 1.74. The van der Waals surface area contributed by atoms with Gasteiger partial charge in [0.2, 0.25) is 0 Å². The molecule has 2 heterocycles. The van der Waals surface area contributed by atoms with E-state index in [9.17, 15) is 5.26 Å². The minimum atomic E-state index is -0.646. The number of hydrogen-bond donors (Lipinski definition) is 0. The van der Waals surface area contributed by atoms with Crippen LogP contribution < -0.4 is 0 Å². The predicted molar refractivity (Wildman–Crippen MR) is 89.1 cm³/mol. The molecule has 1 aromatic heterocycles. The van der Waals surface area contributed by atoms with Gasteiger partial charge in [0.1, 0.15) is 5.41 Å². The van der Waals surface area contributed by atoms with Gasteiger partial charge in [-0.05, 0) is 37.0 Å². The van der Waals surface area contributed by atoms with Crippen molar-refractivity contribution in [2.24, 2.45) is 5.41 Å². The van der Waals surface area contributed by atoms with Gasteiger partial charge < -0.3 is 4.57 Å². The maximum Gasteiger partial charge on any atom is 0.111 e. The zero-order valence-electron chi connectivity index (χ0n) is 12.0. The van der Waals surface area contributed by atoms with E-state index in [0.29, 0.717) is 6.42 Å². The lowest BCUT2D eigenvalue weighted by atomic mass is 9.73. The Hall–Kier alpha value is -1.92. The second-order valence-electron chi connectivity index (χ2n) is 5.73. The number of aromatic nitrogens is 1. The van der Waals surface area contributed by atoms with E-state index in [4.69, 9.17) is 12.2 Å². The van der Waals surface area contributed by atoms with Crippen molar-refractivity contribution >= 4 is 17.1 Å². The van der Waals surface area contributed by atoms with Gasteiger partial charge in [0, 0.05) is 29.2 Å². The van der Waals surface area contributed by atoms with Crippen LogP contribution >= 0.6 is 12.2 Å². The topological polar surface area (TPSA) is 28.7 Å². The Morgan fingerprint density at radius 3 is 3.24 bits per heavy atom. The van der Waals surface area contributed by atoms with Gasteiger partial charge >= 0.3 is 0 Å². The van der Waals surface area contributed by atoms with E-state index < -0.39 is 5.41 Å². The molecular weight excluding hydrogens is 276 g/mol. The quantitative estimate of drug-likeness (QED) is 0.611. The molecule has 0 saturated carbocycles. The highest BCUT2D eigenvalue weighted by atomic mass is 32.1. The van der Waals surface area contributed by atoms with Gasteiger partial charge in [0.05, 0.1) is 6.07 Å². The van der Waals surface area contributed by atoms with Crippen LogP contribution in [0.2, 0.25) is 0 Å². The van der Waals surface area contributed by atoms with Crippen LogP contribution in [0.5, 0.6) is 0 Å². The van der Waals surface area contributed by atoms with Crippen molar-refractivity contribution in [3.8, 4) is 6.07 Å². The molecule has 21 heavy (non-hydrogen) atoms. The lowest BCUT2D eigenvalue weighted by molar-refractivity contribution is 0.657. The van der Waals surface area contributed by atoms with Crippen LogP contribution in [0.4, 0.5) is 0 Å². The maximum absolute atomic E-state index is 9.81. The average Bonchev–Trinajstić information content (AvgIpc) is 3.10. The third-order valence-electron chi connectivity index (χ3n) is 4.42. The van der Waals surface area contributed by atoms with E-state index in [1.165, 1.54) is 5.69 Å². The van der Waals surface area contributed by atoms with Gasteiger partial charge in [-0.1, -0.05) is 36.5 Å². The molecule has 2 atom stereocenters. The number of thiocarbonyl (C=S) groups is 1. The lowest BCUT2D eigenvalue weighted by Crippen LogP contribution is -2.31. The fourth-order valence-corrected chi connectivity index (χ4v) is 3.78. The standard InChI is InChI=1S/C18H18N2S/c1-2-5-14-6-3-9-18(12-14,13-19)17(21)15-8-11-20-10-4-7-16(15)20/h2-4,6-7,10,12,15H,1,5,8-9,11H2. The predicted octanol–water partition coefficient (Wildman–Crippen LogP) is 4.32. The summed E-state index contributed by atoms with van der Waals surface area (Å²) in [6, 6.07) is 6.68. The Morgan fingerprint density at radius 2 is 2.48 bits per heavy atom. The zero-order valence-corrected chi connectivity index (χ0v) is 12.8. The second-order valence-corrected chi connectivity index (χ2v) is 6.17. The first-order valence-corrected chi connectivity index (χ1v) is 7.71. The molecule has 2 unspecified atom stereocenters. The molecule has 1 aliphatic carbocycles. The largest absolute Gasteiger partial charge is 0.351 e. The number of fused-ring (bicyclic) bond motifs is 1. The molecule has 1 aliphatic heterocycles. The van der Waals surface area contributed by atoms with Crippen molar-refractivity contribution in [1.82, 2.24) is 4.57 Å². The molecule has 106 valence electrons. The summed E-state index contributed by atoms with van der Waals surface area (Å²) in [5, 5.41) is 9.81. The Balaban J connectivity index is 1.94. The maximum atomic E-state index is 9.81. The molecule has 3 rings (SSSR count). The second kappa shape index (κ2) is 5.46. The van der Waals surface area contributed by atoms with Gasteiger partial charge in [0.15, 0.2) is 0 Å². The molecule has 3 heteroatoms. The first-order chi connectivity index (χ1) is 10.2. The summed E-state index contributed by atoms with van der Waals surface area (Å²) in [7, 11) is 0. The molecule has 0 saturated heterocycles. The Kier molecular flexibility index (Phi) is 3.65. The molecule has 0 bridgehead atoms. The van der Waals surface area contributed by atoms with Crippen molar-refractivity contribution < 1.29 is 0 Å². The number of nitriles is 1. The van der Waals surface area contributed by atoms with E-state index in [0.717, 1.165) is 29.8 Å². The van der Waals surface area contributed by atoms with Gasteiger partial charge in [0.25, 0.3) is 0 Å². The van der Waals surface area contributed by atoms with Crippen molar-refractivity contribution in [2.75, 3.05) is 0 Å². The summed E-state index contributed by atoms with van der Waals surface area (Å²) in [5.74, 6) is 0.211. The third-order valence-corrected chi connectivity index (χ3v) is 5.07. The van der Waals surface area contributed by atoms with Crippen LogP contribution in [0.25, 0.3) is 0 Å². The number of allylic oxidation sites excluding steroid dienone is 5. The molecule has 0 fully saturated rings. The van der Waals surface area contributed by atoms with Gasteiger partial charge in [-0.25, -0.2) is 0 Å². The van der Waals surface area contributed by atoms with E-state index in [1.54, 1.807) is 0 Å². The monoisotopic (exact) mass is 294 g/mol. The first kappa shape index (κ1) is 14.0. The lowest BCUT2D eigenvalue weighted by Gasteiger charge is -2.29. The molecule has 0 aromatic carbocycles. The average molecular weight is 294 g/mol. The van der Waals surface area contributed by atoms with E-state index >= 15 is 0 Å². The Morgan fingerprint density at radius 1 is 1.62 bits per heavy atom. The first-order valence-electron chi connectivity index (χ1n) is 7.30. The van der Waals surface area contributed by atoms with E-state index in [-0.39, 0.29) is 5.92 Å². The van der Waals surface area contributed by atoms with Crippen LogP contribution in [0.3, 0.4) is 0 Å². The summed E-state index contributed by atoms with van der Waals surface area (Å²) in [4.78, 5) is 0.869. The van der Waals surface area contributed by atoms with Gasteiger partial charge in [-0.15, -0.1) is 6.58 Å². The van der Waals surface area contributed by atoms with E-state index in [2.05, 4.69) is 53.8 Å². The molecule has 2 aliphatic rings. The van der Waals surface area contributed by atoms with Crippen molar-refractivity contribution in [1.29, 1.82) is 5.26 Å². The van der Waals surface area contributed by atoms with Gasteiger partial charge in [-0.2, -0.15) is 5.26 Å². The van der Waals surface area contributed by atoms with Crippen LogP contribution in [0.1, 0.15) is 30.9 Å². The Labute approximate surface area is 131 Å². The smallest absolute Gasteiger partial charge is 0.111 e. The molecule has 1 aromatic rings. The highest BCUT2D eigenvalue weighted by Gasteiger charge is 2.40. The molecule has 2 nitrogen and oxygen atoms in total. The summed E-state index contributed by atoms with van der Waals surface area (Å²) >= 11 is 5.78. The summed E-state index contributed by atoms with van der Waals surface area (Å²) in [6.45, 7) is 4.77. The van der Waals surface area contributed by atoms with Crippen LogP contribution in [0.15, 0.2) is 54.8 Å². The van der Waals surface area contributed by atoms with Crippen molar-refractivity contribution in [3.63, 3.8) is 0 Å². The zero-order chi connectivity index (χ0) is 14.9. The molecular formula is C18H18N2S. The highest BCUT2D eigenvalue weighted by Crippen LogP contribution is 2.41. The van der Waals surface area contributed by atoms with Gasteiger partial charge in [-0.3, -0.25) is 0 Å². The normalized spacial score (nSPS) is 26.8. The van der Waals surface area contributed by atoms with E-state index in [1.807, 2.05) is 6.08 Å². The van der Waals surface area contributed by atoms with Crippen molar-refractivity contribution in [3.05, 3.63) is 60.5 Å². The fourth-order valence-electron chi connectivity index (χ4n) is 3.36. The van der Waals surface area contributed by atoms with Crippen LogP contribution in [-0.2, 0) is 6.54 Å². The van der Waals surface area contributed by atoms with Crippen LogP contribution in [-0.4, -0.2) is 9.43 Å². The number of rotatable bonds is 4. The van der Waals surface area contributed by atoms with Crippen molar-refractivity contribution in [2.45, 2.75) is 31.7 Å². The number of aryl methyl sites for hydroxylation is 1. The molecule has 0 amide bonds. The third kappa shape index (κ3) is 2.30.